The normalized spacial score (nSPS) is 12.6. The highest BCUT2D eigenvalue weighted by Crippen LogP contribution is 2.22. The first-order valence-corrected chi connectivity index (χ1v) is 10.5. The van der Waals surface area contributed by atoms with Crippen LogP contribution in [0.5, 0.6) is 0 Å². The topological polar surface area (TPSA) is 69.7 Å². The van der Waals surface area contributed by atoms with E-state index < -0.39 is 16.1 Å². The van der Waals surface area contributed by atoms with Crippen molar-refractivity contribution in [2.24, 2.45) is 0 Å². The minimum absolute atomic E-state index is 0.128. The molecule has 6 nitrogen and oxygen atoms in total. The van der Waals surface area contributed by atoms with Gasteiger partial charge in [0.1, 0.15) is 5.82 Å². The van der Waals surface area contributed by atoms with Gasteiger partial charge in [0.15, 0.2) is 0 Å². The van der Waals surface area contributed by atoms with E-state index in [9.17, 15) is 17.6 Å². The number of hydrogen-bond donors (Lipinski definition) is 1. The third-order valence-corrected chi connectivity index (χ3v) is 6.73. The number of hydrogen-bond acceptors (Lipinski definition) is 3. The van der Waals surface area contributed by atoms with Crippen molar-refractivity contribution in [3.8, 4) is 0 Å². The number of amides is 2. The van der Waals surface area contributed by atoms with E-state index in [0.29, 0.717) is 18.8 Å². The number of nitrogens with zero attached hydrogens (tertiary/aromatic N) is 2. The minimum Gasteiger partial charge on any atom is -0.321 e. The van der Waals surface area contributed by atoms with Gasteiger partial charge in [-0.05, 0) is 42.8 Å². The molecule has 0 aromatic heterocycles. The summed E-state index contributed by atoms with van der Waals surface area (Å²) in [6.45, 7) is 6.12. The molecule has 2 amide bonds. The number of rotatable bonds is 7. The zero-order valence-electron chi connectivity index (χ0n) is 16.5. The van der Waals surface area contributed by atoms with Gasteiger partial charge in [0.25, 0.3) is 0 Å². The van der Waals surface area contributed by atoms with Gasteiger partial charge in [-0.2, -0.15) is 4.31 Å². The molecule has 0 saturated heterocycles. The number of urea groups is 1. The molecule has 0 bridgehead atoms. The zero-order chi connectivity index (χ0) is 20.9. The molecule has 2 aromatic rings. The van der Waals surface area contributed by atoms with Crippen LogP contribution < -0.4 is 5.32 Å². The zero-order valence-corrected chi connectivity index (χ0v) is 17.3. The third-order valence-electron chi connectivity index (χ3n) is 4.68. The summed E-state index contributed by atoms with van der Waals surface area (Å²) < 4.78 is 39.8. The van der Waals surface area contributed by atoms with Gasteiger partial charge >= 0.3 is 6.03 Å². The fraction of sp³-hybridized carbons (Fsp3) is 0.350. The van der Waals surface area contributed by atoms with E-state index in [-0.39, 0.29) is 16.8 Å². The van der Waals surface area contributed by atoms with Crippen LogP contribution in [0.3, 0.4) is 0 Å². The Bertz CT molecular complexity index is 913. The van der Waals surface area contributed by atoms with Crippen LogP contribution in [-0.4, -0.2) is 43.8 Å². The molecule has 2 aromatic carbocycles. The Morgan fingerprint density at radius 3 is 2.29 bits per heavy atom. The SMILES string of the molecule is CCN(CC)S(=O)(=O)c1cccc(NC(=O)N(C)C(C)c2ccc(F)cc2)c1. The molecular weight excluding hydrogens is 381 g/mol. The molecule has 0 aliphatic rings. The Morgan fingerprint density at radius 2 is 1.71 bits per heavy atom. The predicted molar refractivity (Wildman–Crippen MR) is 108 cm³/mol. The highest BCUT2D eigenvalue weighted by atomic mass is 32.2. The maximum Gasteiger partial charge on any atom is 0.322 e. The van der Waals surface area contributed by atoms with Crippen LogP contribution in [0.15, 0.2) is 53.4 Å². The van der Waals surface area contributed by atoms with Crippen molar-refractivity contribution in [1.82, 2.24) is 9.21 Å². The van der Waals surface area contributed by atoms with Crippen molar-refractivity contribution in [3.05, 3.63) is 59.9 Å². The number of benzene rings is 2. The van der Waals surface area contributed by atoms with Crippen LogP contribution in [-0.2, 0) is 10.0 Å². The van der Waals surface area contributed by atoms with Crippen molar-refractivity contribution >= 4 is 21.7 Å². The first kappa shape index (κ1) is 21.8. The molecule has 0 radical (unpaired) electrons. The molecule has 0 heterocycles. The van der Waals surface area contributed by atoms with Crippen LogP contribution in [0.1, 0.15) is 32.4 Å². The molecule has 152 valence electrons. The Balaban J connectivity index is 2.17. The fourth-order valence-electron chi connectivity index (χ4n) is 2.80. The molecule has 2 rings (SSSR count). The fourth-order valence-corrected chi connectivity index (χ4v) is 4.30. The van der Waals surface area contributed by atoms with E-state index in [4.69, 9.17) is 0 Å². The van der Waals surface area contributed by atoms with Gasteiger partial charge in [0.2, 0.25) is 10.0 Å². The summed E-state index contributed by atoms with van der Waals surface area (Å²) in [6, 6.07) is 11.4. The lowest BCUT2D eigenvalue weighted by molar-refractivity contribution is 0.208. The molecule has 0 saturated carbocycles. The van der Waals surface area contributed by atoms with E-state index in [1.807, 2.05) is 6.92 Å². The highest BCUT2D eigenvalue weighted by molar-refractivity contribution is 7.89. The average molecular weight is 408 g/mol. The first-order chi connectivity index (χ1) is 13.2. The third kappa shape index (κ3) is 4.88. The van der Waals surface area contributed by atoms with Crippen molar-refractivity contribution < 1.29 is 17.6 Å². The lowest BCUT2D eigenvalue weighted by atomic mass is 10.1. The molecule has 0 fully saturated rings. The van der Waals surface area contributed by atoms with Crippen LogP contribution in [0.4, 0.5) is 14.9 Å². The van der Waals surface area contributed by atoms with Crippen LogP contribution >= 0.6 is 0 Å². The summed E-state index contributed by atoms with van der Waals surface area (Å²) in [5.74, 6) is -0.339. The van der Waals surface area contributed by atoms with Crippen molar-refractivity contribution in [3.63, 3.8) is 0 Å². The van der Waals surface area contributed by atoms with Crippen LogP contribution in [0.2, 0.25) is 0 Å². The maximum atomic E-state index is 13.1. The maximum absolute atomic E-state index is 13.1. The van der Waals surface area contributed by atoms with E-state index >= 15 is 0 Å². The summed E-state index contributed by atoms with van der Waals surface area (Å²) in [5, 5.41) is 2.72. The van der Waals surface area contributed by atoms with Gasteiger partial charge < -0.3 is 10.2 Å². The van der Waals surface area contributed by atoms with Crippen LogP contribution in [0.25, 0.3) is 0 Å². The second-order valence-corrected chi connectivity index (χ2v) is 8.32. The van der Waals surface area contributed by atoms with Gasteiger partial charge in [-0.15, -0.1) is 0 Å². The van der Waals surface area contributed by atoms with Gasteiger partial charge in [0.05, 0.1) is 10.9 Å². The lowest BCUT2D eigenvalue weighted by Crippen LogP contribution is -2.34. The Labute approximate surface area is 166 Å². The Morgan fingerprint density at radius 1 is 1.11 bits per heavy atom. The lowest BCUT2D eigenvalue weighted by Gasteiger charge is -2.26. The summed E-state index contributed by atoms with van der Waals surface area (Å²) in [7, 11) is -1.99. The summed E-state index contributed by atoms with van der Waals surface area (Å²) in [4.78, 5) is 14.2. The largest absolute Gasteiger partial charge is 0.322 e. The molecule has 1 N–H and O–H groups in total. The highest BCUT2D eigenvalue weighted by Gasteiger charge is 2.22. The van der Waals surface area contributed by atoms with E-state index in [1.54, 1.807) is 45.2 Å². The predicted octanol–water partition coefficient (Wildman–Crippen LogP) is 4.08. The van der Waals surface area contributed by atoms with Crippen molar-refractivity contribution in [2.45, 2.75) is 31.7 Å². The van der Waals surface area contributed by atoms with Crippen LogP contribution in [0, 0.1) is 5.82 Å². The number of nitrogens with one attached hydrogen (secondary N) is 1. The number of anilines is 1. The number of halogens is 1. The smallest absolute Gasteiger partial charge is 0.321 e. The summed E-state index contributed by atoms with van der Waals surface area (Å²) >= 11 is 0. The number of sulfonamides is 1. The summed E-state index contributed by atoms with van der Waals surface area (Å²) in [5.41, 5.74) is 1.17. The average Bonchev–Trinajstić information content (AvgIpc) is 2.68. The van der Waals surface area contributed by atoms with E-state index in [2.05, 4.69) is 5.32 Å². The molecule has 8 heteroatoms. The first-order valence-electron chi connectivity index (χ1n) is 9.10. The van der Waals surface area contributed by atoms with Gasteiger partial charge in [-0.25, -0.2) is 17.6 Å². The molecule has 0 spiro atoms. The Kier molecular flexibility index (Phi) is 7.15. The van der Waals surface area contributed by atoms with E-state index in [1.165, 1.54) is 33.5 Å². The van der Waals surface area contributed by atoms with Gasteiger partial charge in [0, 0.05) is 25.8 Å². The Hall–Kier alpha value is -2.45. The van der Waals surface area contributed by atoms with Gasteiger partial charge in [-0.3, -0.25) is 0 Å². The van der Waals surface area contributed by atoms with Gasteiger partial charge in [-0.1, -0.05) is 32.0 Å². The molecule has 1 unspecified atom stereocenters. The standard InChI is InChI=1S/C20H26FN3O3S/c1-5-24(6-2)28(26,27)19-9-7-8-18(14-19)22-20(25)23(4)15(3)16-10-12-17(21)13-11-16/h7-15H,5-6H2,1-4H3,(H,22,25). The molecule has 1 atom stereocenters. The molecule has 28 heavy (non-hydrogen) atoms. The number of carbonyl (C=O) groups excluding carboxylic acids is 1. The molecular formula is C20H26FN3O3S. The van der Waals surface area contributed by atoms with E-state index in [0.717, 1.165) is 5.56 Å². The quantitative estimate of drug-likeness (QED) is 0.752. The number of carbonyl (C=O) groups is 1. The minimum atomic E-state index is -3.61. The van der Waals surface area contributed by atoms with Crippen molar-refractivity contribution in [2.75, 3.05) is 25.5 Å². The van der Waals surface area contributed by atoms with Crippen molar-refractivity contribution in [1.29, 1.82) is 0 Å². The monoisotopic (exact) mass is 407 g/mol. The summed E-state index contributed by atoms with van der Waals surface area (Å²) in [6.07, 6.45) is 0. The second kappa shape index (κ2) is 9.16. The second-order valence-electron chi connectivity index (χ2n) is 6.39. The molecule has 0 aliphatic carbocycles. The molecule has 0 aliphatic heterocycles.